The SMILES string of the molecule is Cc1cccc(N2CC(Cc3ccc(Cl)cc3)(C(=O)N[C@H]3CCC[C@@H](O)C3)C2)n1. The number of pyridine rings is 1. The molecule has 1 aliphatic carbocycles. The summed E-state index contributed by atoms with van der Waals surface area (Å²) in [6.45, 7) is 3.24. The minimum Gasteiger partial charge on any atom is -0.393 e. The van der Waals surface area contributed by atoms with Gasteiger partial charge in [-0.15, -0.1) is 0 Å². The molecule has 5 nitrogen and oxygen atoms in total. The number of nitrogens with one attached hydrogen (secondary N) is 1. The zero-order valence-electron chi connectivity index (χ0n) is 16.8. The zero-order chi connectivity index (χ0) is 20.4. The molecule has 1 aromatic carbocycles. The number of carbonyl (C=O) groups is 1. The largest absolute Gasteiger partial charge is 0.393 e. The number of hydrogen-bond donors (Lipinski definition) is 2. The summed E-state index contributed by atoms with van der Waals surface area (Å²) in [4.78, 5) is 20.1. The van der Waals surface area contributed by atoms with Gasteiger partial charge >= 0.3 is 0 Å². The highest BCUT2D eigenvalue weighted by molar-refractivity contribution is 6.30. The Morgan fingerprint density at radius 1 is 1.24 bits per heavy atom. The van der Waals surface area contributed by atoms with Crippen molar-refractivity contribution in [2.75, 3.05) is 18.0 Å². The van der Waals surface area contributed by atoms with E-state index in [1.807, 2.05) is 49.4 Å². The van der Waals surface area contributed by atoms with Crippen LogP contribution >= 0.6 is 11.6 Å². The standard InChI is InChI=1S/C23H28ClN3O2/c1-16-4-2-7-21(25-16)27-14-23(15-27,13-17-8-10-18(24)11-9-17)22(29)26-19-5-3-6-20(28)12-19/h2,4,7-11,19-20,28H,3,5-6,12-15H2,1H3,(H,26,29)/t19-,20+/m0/s1. The molecule has 0 unspecified atom stereocenters. The first-order chi connectivity index (χ1) is 13.9. The van der Waals surface area contributed by atoms with E-state index in [4.69, 9.17) is 11.6 Å². The van der Waals surface area contributed by atoms with E-state index in [-0.39, 0.29) is 18.1 Å². The first-order valence-electron chi connectivity index (χ1n) is 10.4. The van der Waals surface area contributed by atoms with Crippen molar-refractivity contribution in [3.8, 4) is 0 Å². The van der Waals surface area contributed by atoms with Crippen molar-refractivity contribution in [1.29, 1.82) is 0 Å². The summed E-state index contributed by atoms with van der Waals surface area (Å²) >= 11 is 6.03. The van der Waals surface area contributed by atoms with Crippen LogP contribution in [-0.4, -0.2) is 41.2 Å². The Morgan fingerprint density at radius 3 is 2.69 bits per heavy atom. The average Bonchev–Trinajstić information content (AvgIpc) is 2.66. The molecule has 2 atom stereocenters. The Hall–Kier alpha value is -2.11. The number of aryl methyl sites for hydroxylation is 1. The van der Waals surface area contributed by atoms with Gasteiger partial charge in [0.05, 0.1) is 11.5 Å². The highest BCUT2D eigenvalue weighted by atomic mass is 35.5. The predicted octanol–water partition coefficient (Wildman–Crippen LogP) is 3.51. The molecule has 2 fully saturated rings. The Labute approximate surface area is 177 Å². The minimum absolute atomic E-state index is 0.0551. The van der Waals surface area contributed by atoms with Crippen LogP contribution in [0, 0.1) is 12.3 Å². The lowest BCUT2D eigenvalue weighted by atomic mass is 9.73. The first-order valence-corrected chi connectivity index (χ1v) is 10.7. The van der Waals surface area contributed by atoms with Crippen molar-refractivity contribution in [2.24, 2.45) is 5.41 Å². The maximum atomic E-state index is 13.4. The number of aliphatic hydroxyl groups excluding tert-OH is 1. The van der Waals surface area contributed by atoms with Crippen LogP contribution in [0.25, 0.3) is 0 Å². The molecule has 1 amide bonds. The van der Waals surface area contributed by atoms with Gasteiger partial charge in [0.1, 0.15) is 5.82 Å². The number of benzene rings is 1. The van der Waals surface area contributed by atoms with E-state index in [1.54, 1.807) is 0 Å². The maximum absolute atomic E-state index is 13.4. The van der Waals surface area contributed by atoms with Crippen LogP contribution in [0.3, 0.4) is 0 Å². The van der Waals surface area contributed by atoms with Gasteiger partial charge in [-0.05, 0) is 68.9 Å². The molecule has 2 heterocycles. The van der Waals surface area contributed by atoms with Crippen molar-refractivity contribution < 1.29 is 9.90 Å². The number of hydrogen-bond acceptors (Lipinski definition) is 4. The Kier molecular flexibility index (Phi) is 5.79. The monoisotopic (exact) mass is 413 g/mol. The highest BCUT2D eigenvalue weighted by Gasteiger charge is 2.50. The van der Waals surface area contributed by atoms with Gasteiger partial charge in [0, 0.05) is 29.8 Å². The van der Waals surface area contributed by atoms with Crippen molar-refractivity contribution in [1.82, 2.24) is 10.3 Å². The Bertz CT molecular complexity index is 865. The van der Waals surface area contributed by atoms with E-state index in [9.17, 15) is 9.90 Å². The minimum atomic E-state index is -0.498. The molecular formula is C23H28ClN3O2. The highest BCUT2D eigenvalue weighted by Crippen LogP contribution is 2.38. The summed E-state index contributed by atoms with van der Waals surface area (Å²) in [6.07, 6.45) is 3.71. The van der Waals surface area contributed by atoms with Crippen molar-refractivity contribution >= 4 is 23.3 Å². The van der Waals surface area contributed by atoms with Crippen LogP contribution in [0.2, 0.25) is 5.02 Å². The molecule has 0 spiro atoms. The quantitative estimate of drug-likeness (QED) is 0.787. The topological polar surface area (TPSA) is 65.5 Å². The number of halogens is 1. The molecule has 154 valence electrons. The fraction of sp³-hybridized carbons (Fsp3) is 0.478. The van der Waals surface area contributed by atoms with Gasteiger partial charge in [-0.3, -0.25) is 4.79 Å². The zero-order valence-corrected chi connectivity index (χ0v) is 17.5. The number of rotatable bonds is 5. The second kappa shape index (κ2) is 8.33. The summed E-state index contributed by atoms with van der Waals surface area (Å²) < 4.78 is 0. The molecule has 0 bridgehead atoms. The summed E-state index contributed by atoms with van der Waals surface area (Å²) in [5.74, 6) is 0.994. The smallest absolute Gasteiger partial charge is 0.230 e. The Morgan fingerprint density at radius 2 is 2.00 bits per heavy atom. The van der Waals surface area contributed by atoms with E-state index in [2.05, 4.69) is 15.2 Å². The van der Waals surface area contributed by atoms with Gasteiger partial charge < -0.3 is 15.3 Å². The molecule has 1 aromatic heterocycles. The molecule has 6 heteroatoms. The number of carbonyl (C=O) groups excluding carboxylic acids is 1. The van der Waals surface area contributed by atoms with Crippen LogP contribution < -0.4 is 10.2 Å². The molecule has 2 aromatic rings. The number of aromatic nitrogens is 1. The van der Waals surface area contributed by atoms with Crippen LogP contribution in [0.1, 0.15) is 36.9 Å². The van der Waals surface area contributed by atoms with Gasteiger partial charge in [-0.2, -0.15) is 0 Å². The first kappa shape index (κ1) is 20.2. The molecule has 0 radical (unpaired) electrons. The second-order valence-corrected chi connectivity index (χ2v) is 9.00. The lowest BCUT2D eigenvalue weighted by Gasteiger charge is -2.50. The van der Waals surface area contributed by atoms with E-state index in [0.717, 1.165) is 36.3 Å². The van der Waals surface area contributed by atoms with Gasteiger partial charge in [-0.1, -0.05) is 29.8 Å². The van der Waals surface area contributed by atoms with Crippen LogP contribution in [0.15, 0.2) is 42.5 Å². The number of anilines is 1. The maximum Gasteiger partial charge on any atom is 0.230 e. The Balaban J connectivity index is 1.51. The third kappa shape index (κ3) is 4.57. The molecule has 2 N–H and O–H groups in total. The molecule has 1 saturated heterocycles. The molecular weight excluding hydrogens is 386 g/mol. The molecule has 1 saturated carbocycles. The van der Waals surface area contributed by atoms with E-state index >= 15 is 0 Å². The number of nitrogens with zero attached hydrogens (tertiary/aromatic N) is 2. The third-order valence-corrected chi connectivity index (χ3v) is 6.36. The van der Waals surface area contributed by atoms with Crippen LogP contribution in [0.5, 0.6) is 0 Å². The predicted molar refractivity (Wildman–Crippen MR) is 115 cm³/mol. The van der Waals surface area contributed by atoms with E-state index in [0.29, 0.717) is 31.0 Å². The van der Waals surface area contributed by atoms with Crippen molar-refractivity contribution in [3.05, 3.63) is 58.7 Å². The molecule has 1 aliphatic heterocycles. The van der Waals surface area contributed by atoms with Gasteiger partial charge in [0.15, 0.2) is 0 Å². The van der Waals surface area contributed by atoms with Crippen LogP contribution in [-0.2, 0) is 11.2 Å². The average molecular weight is 414 g/mol. The van der Waals surface area contributed by atoms with Crippen molar-refractivity contribution in [3.63, 3.8) is 0 Å². The van der Waals surface area contributed by atoms with Crippen molar-refractivity contribution in [2.45, 2.75) is 51.2 Å². The summed E-state index contributed by atoms with van der Waals surface area (Å²) in [7, 11) is 0. The molecule has 29 heavy (non-hydrogen) atoms. The van der Waals surface area contributed by atoms with Gasteiger partial charge in [-0.25, -0.2) is 4.98 Å². The summed E-state index contributed by atoms with van der Waals surface area (Å²) in [5.41, 5.74) is 1.57. The van der Waals surface area contributed by atoms with E-state index in [1.165, 1.54) is 0 Å². The number of amides is 1. The summed E-state index contributed by atoms with van der Waals surface area (Å²) in [6, 6.07) is 13.8. The fourth-order valence-corrected chi connectivity index (χ4v) is 4.64. The molecule has 2 aliphatic rings. The summed E-state index contributed by atoms with van der Waals surface area (Å²) in [5, 5.41) is 13.9. The van der Waals surface area contributed by atoms with E-state index < -0.39 is 5.41 Å². The lowest BCUT2D eigenvalue weighted by Crippen LogP contribution is -2.65. The van der Waals surface area contributed by atoms with Gasteiger partial charge in [0.25, 0.3) is 0 Å². The van der Waals surface area contributed by atoms with Gasteiger partial charge in [0.2, 0.25) is 5.91 Å². The third-order valence-electron chi connectivity index (χ3n) is 6.10. The normalized spacial score (nSPS) is 23.3. The molecule has 4 rings (SSSR count). The fourth-order valence-electron chi connectivity index (χ4n) is 4.51. The second-order valence-electron chi connectivity index (χ2n) is 8.57. The lowest BCUT2D eigenvalue weighted by molar-refractivity contribution is -0.133. The number of aliphatic hydroxyl groups is 1. The van der Waals surface area contributed by atoms with Crippen LogP contribution in [0.4, 0.5) is 5.82 Å².